The molecule has 0 saturated heterocycles. The molecule has 31 heavy (non-hydrogen) atoms. The van der Waals surface area contributed by atoms with Gasteiger partial charge in [0.2, 0.25) is 0 Å². The summed E-state index contributed by atoms with van der Waals surface area (Å²) in [6, 6.07) is 10.6. The van der Waals surface area contributed by atoms with Gasteiger partial charge in [0.1, 0.15) is 10.6 Å². The van der Waals surface area contributed by atoms with Crippen LogP contribution in [-0.2, 0) is 6.42 Å². The van der Waals surface area contributed by atoms with Gasteiger partial charge in [-0.05, 0) is 56.9 Å². The summed E-state index contributed by atoms with van der Waals surface area (Å²) in [7, 11) is 0. The topological polar surface area (TPSA) is 103 Å². The number of para-hydroxylation sites is 1. The number of urea groups is 1. The Bertz CT molecular complexity index is 1100. The first-order chi connectivity index (χ1) is 14.7. The molecule has 1 heterocycles. The highest BCUT2D eigenvalue weighted by atomic mass is 32.1. The molecule has 3 aromatic rings. The van der Waals surface area contributed by atoms with Crippen LogP contribution in [0.15, 0.2) is 36.4 Å². The first kappa shape index (κ1) is 22.3. The third-order valence-corrected chi connectivity index (χ3v) is 5.88. The number of nitrogens with one attached hydrogen (secondary N) is 3. The second-order valence-electron chi connectivity index (χ2n) is 7.42. The van der Waals surface area contributed by atoms with Crippen molar-refractivity contribution in [2.75, 3.05) is 17.2 Å². The number of aromatic hydroxyl groups is 1. The van der Waals surface area contributed by atoms with E-state index in [1.165, 1.54) is 0 Å². The van der Waals surface area contributed by atoms with Crippen molar-refractivity contribution in [1.29, 1.82) is 0 Å². The summed E-state index contributed by atoms with van der Waals surface area (Å²) in [6.07, 6.45) is 0.500. The zero-order valence-corrected chi connectivity index (χ0v) is 18.8. The molecule has 4 N–H and O–H groups in total. The maximum atomic E-state index is 12.8. The van der Waals surface area contributed by atoms with Gasteiger partial charge in [-0.2, -0.15) is 0 Å². The smallest absolute Gasteiger partial charge is 0.321 e. The average molecular weight is 439 g/mol. The summed E-state index contributed by atoms with van der Waals surface area (Å²) in [5.74, 6) is -0.0481. The predicted molar refractivity (Wildman–Crippen MR) is 124 cm³/mol. The van der Waals surface area contributed by atoms with Gasteiger partial charge in [-0.15, -0.1) is 0 Å². The molecule has 0 atom stereocenters. The maximum absolute atomic E-state index is 12.8. The number of hydrogen-bond acceptors (Lipinski definition) is 5. The van der Waals surface area contributed by atoms with Crippen molar-refractivity contribution in [3.8, 4) is 5.75 Å². The second-order valence-corrected chi connectivity index (χ2v) is 8.42. The summed E-state index contributed by atoms with van der Waals surface area (Å²) in [4.78, 5) is 29.7. The molecule has 8 heteroatoms. The number of hydrogen-bond donors (Lipinski definition) is 4. The van der Waals surface area contributed by atoms with Crippen molar-refractivity contribution in [3.63, 3.8) is 0 Å². The van der Waals surface area contributed by atoms with E-state index in [1.807, 2.05) is 45.0 Å². The molecule has 0 aliphatic heterocycles. The monoisotopic (exact) mass is 438 g/mol. The van der Waals surface area contributed by atoms with Crippen molar-refractivity contribution >= 4 is 34.1 Å². The third kappa shape index (κ3) is 5.61. The molecule has 162 valence electrons. The Morgan fingerprint density at radius 1 is 1.03 bits per heavy atom. The van der Waals surface area contributed by atoms with Crippen LogP contribution in [0.5, 0.6) is 5.75 Å². The fourth-order valence-electron chi connectivity index (χ4n) is 3.38. The summed E-state index contributed by atoms with van der Waals surface area (Å²) >= 11 is 1.13. The molecular formula is C23H26N4O3S. The second kappa shape index (κ2) is 9.61. The van der Waals surface area contributed by atoms with E-state index in [0.29, 0.717) is 28.7 Å². The molecule has 0 saturated carbocycles. The van der Waals surface area contributed by atoms with Gasteiger partial charge in [0, 0.05) is 12.2 Å². The first-order valence-corrected chi connectivity index (χ1v) is 10.7. The highest BCUT2D eigenvalue weighted by molar-refractivity contribution is 7.17. The van der Waals surface area contributed by atoms with E-state index in [9.17, 15) is 14.7 Å². The van der Waals surface area contributed by atoms with Gasteiger partial charge in [0.15, 0.2) is 5.13 Å². The van der Waals surface area contributed by atoms with E-state index >= 15 is 0 Å². The molecule has 0 radical (unpaired) electrons. The number of carbonyl (C=O) groups is 2. The number of nitrogens with zero attached hydrogens (tertiary/aromatic N) is 1. The predicted octanol–water partition coefficient (Wildman–Crippen LogP) is 4.70. The molecule has 0 bridgehead atoms. The van der Waals surface area contributed by atoms with E-state index in [-0.39, 0.29) is 11.7 Å². The maximum Gasteiger partial charge on any atom is 0.321 e. The van der Waals surface area contributed by atoms with E-state index < -0.39 is 6.03 Å². The zero-order chi connectivity index (χ0) is 22.5. The Balaban J connectivity index is 1.59. The summed E-state index contributed by atoms with van der Waals surface area (Å²) < 4.78 is 0. The summed E-state index contributed by atoms with van der Waals surface area (Å²) in [5.41, 5.74) is 5.23. The molecule has 1 aromatic heterocycles. The molecule has 0 aliphatic rings. The lowest BCUT2D eigenvalue weighted by atomic mass is 10.1. The van der Waals surface area contributed by atoms with Crippen molar-refractivity contribution < 1.29 is 14.7 Å². The standard InChI is InChI=1S/C23H26N4O3S/c1-13-11-14(2)19(15(3)12-13)26-21(29)20-16(4)25-23(31-20)27-22(30)24-10-9-17-7-5-6-8-18(17)28/h5-8,11-12,28H,9-10H2,1-4H3,(H,26,29)(H2,24,25,27,30). The molecule has 3 rings (SSSR count). The number of aryl methyl sites for hydroxylation is 4. The van der Waals surface area contributed by atoms with Gasteiger partial charge in [-0.3, -0.25) is 10.1 Å². The number of carbonyl (C=O) groups excluding carboxylic acids is 2. The van der Waals surface area contributed by atoms with Crippen LogP contribution < -0.4 is 16.0 Å². The third-order valence-electron chi connectivity index (χ3n) is 4.81. The van der Waals surface area contributed by atoms with E-state index in [0.717, 1.165) is 39.3 Å². The van der Waals surface area contributed by atoms with Crippen LogP contribution in [0.3, 0.4) is 0 Å². The normalized spacial score (nSPS) is 10.6. The lowest BCUT2D eigenvalue weighted by Gasteiger charge is -2.12. The van der Waals surface area contributed by atoms with Crippen LogP contribution in [0.25, 0.3) is 0 Å². The highest BCUT2D eigenvalue weighted by Gasteiger charge is 2.18. The molecule has 2 aromatic carbocycles. The zero-order valence-electron chi connectivity index (χ0n) is 18.0. The van der Waals surface area contributed by atoms with Gasteiger partial charge in [0.05, 0.1) is 5.69 Å². The minimum atomic E-state index is -0.415. The number of benzene rings is 2. The molecular weight excluding hydrogens is 412 g/mol. The average Bonchev–Trinajstić information content (AvgIpc) is 3.06. The van der Waals surface area contributed by atoms with Gasteiger partial charge in [-0.25, -0.2) is 9.78 Å². The quantitative estimate of drug-likeness (QED) is 0.448. The van der Waals surface area contributed by atoms with Gasteiger partial charge in [0.25, 0.3) is 5.91 Å². The Morgan fingerprint density at radius 3 is 2.39 bits per heavy atom. The molecule has 0 spiro atoms. The highest BCUT2D eigenvalue weighted by Crippen LogP contribution is 2.26. The van der Waals surface area contributed by atoms with Crippen molar-refractivity contribution in [2.45, 2.75) is 34.1 Å². The molecule has 7 nitrogen and oxygen atoms in total. The largest absolute Gasteiger partial charge is 0.508 e. The Kier molecular flexibility index (Phi) is 6.91. The number of thiazole rings is 1. The summed E-state index contributed by atoms with van der Waals surface area (Å²) in [6.45, 7) is 8.03. The van der Waals surface area contributed by atoms with E-state index in [4.69, 9.17) is 0 Å². The van der Waals surface area contributed by atoms with Crippen LogP contribution in [0.4, 0.5) is 15.6 Å². The van der Waals surface area contributed by atoms with Gasteiger partial charge >= 0.3 is 6.03 Å². The molecule has 0 fully saturated rings. The lowest BCUT2D eigenvalue weighted by molar-refractivity contribution is 0.102. The van der Waals surface area contributed by atoms with Crippen molar-refractivity contribution in [3.05, 3.63) is 69.2 Å². The fourth-order valence-corrected chi connectivity index (χ4v) is 4.24. The van der Waals surface area contributed by atoms with Crippen molar-refractivity contribution in [2.24, 2.45) is 0 Å². The molecule has 0 aliphatic carbocycles. The lowest BCUT2D eigenvalue weighted by Crippen LogP contribution is -2.30. The Labute approximate surface area is 185 Å². The number of phenols is 1. The fraction of sp³-hybridized carbons (Fsp3) is 0.261. The van der Waals surface area contributed by atoms with Crippen LogP contribution in [0.1, 0.15) is 37.6 Å². The van der Waals surface area contributed by atoms with Gasteiger partial charge < -0.3 is 15.7 Å². The van der Waals surface area contributed by atoms with Crippen LogP contribution in [0, 0.1) is 27.7 Å². The Hall–Kier alpha value is -3.39. The van der Waals surface area contributed by atoms with E-state index in [1.54, 1.807) is 19.1 Å². The van der Waals surface area contributed by atoms with Crippen LogP contribution in [0.2, 0.25) is 0 Å². The Morgan fingerprint density at radius 2 is 1.71 bits per heavy atom. The first-order valence-electron chi connectivity index (χ1n) is 9.93. The number of rotatable bonds is 6. The molecule has 0 unspecified atom stereocenters. The van der Waals surface area contributed by atoms with Crippen LogP contribution >= 0.6 is 11.3 Å². The minimum Gasteiger partial charge on any atom is -0.508 e. The van der Waals surface area contributed by atoms with Crippen LogP contribution in [-0.4, -0.2) is 28.6 Å². The minimum absolute atomic E-state index is 0.204. The van der Waals surface area contributed by atoms with E-state index in [2.05, 4.69) is 20.9 Å². The number of phenolic OH excluding ortho intramolecular Hbond substituents is 1. The summed E-state index contributed by atoms with van der Waals surface area (Å²) in [5, 5.41) is 18.5. The number of amides is 3. The van der Waals surface area contributed by atoms with Gasteiger partial charge in [-0.1, -0.05) is 47.2 Å². The number of anilines is 2. The van der Waals surface area contributed by atoms with Crippen molar-refractivity contribution in [1.82, 2.24) is 10.3 Å². The number of aromatic nitrogens is 1. The SMILES string of the molecule is Cc1cc(C)c(NC(=O)c2sc(NC(=O)NCCc3ccccc3O)nc2C)c(C)c1. The molecule has 3 amide bonds.